The van der Waals surface area contributed by atoms with Crippen molar-refractivity contribution >= 4 is 15.9 Å². The number of nitrogens with two attached hydrogens (primary N) is 1. The van der Waals surface area contributed by atoms with E-state index in [4.69, 9.17) is 10.3 Å². The van der Waals surface area contributed by atoms with Crippen LogP contribution < -0.4 is 5.73 Å². The Labute approximate surface area is 95.6 Å². The number of hydrogen-bond acceptors (Lipinski definition) is 4. The Hall–Kier alpha value is -1.20. The molecule has 0 fully saturated rings. The summed E-state index contributed by atoms with van der Waals surface area (Å²) in [6.45, 7) is 0.525. The number of halogens is 1. The summed E-state index contributed by atoms with van der Waals surface area (Å²) < 4.78 is 6.11. The van der Waals surface area contributed by atoms with Gasteiger partial charge in [0.05, 0.1) is 0 Å². The predicted molar refractivity (Wildman–Crippen MR) is 60.2 cm³/mol. The maximum atomic E-state index is 5.40. The Morgan fingerprint density at radius 2 is 2.27 bits per heavy atom. The number of rotatable bonds is 3. The lowest BCUT2D eigenvalue weighted by molar-refractivity contribution is 0.422. The summed E-state index contributed by atoms with van der Waals surface area (Å²) in [5.41, 5.74) is 6.31. The van der Waals surface area contributed by atoms with Crippen molar-refractivity contribution in [1.82, 2.24) is 10.1 Å². The van der Waals surface area contributed by atoms with Crippen LogP contribution >= 0.6 is 15.9 Å². The summed E-state index contributed by atoms with van der Waals surface area (Å²) in [5, 5.41) is 3.83. The highest BCUT2D eigenvalue weighted by molar-refractivity contribution is 9.10. The van der Waals surface area contributed by atoms with E-state index in [0.717, 1.165) is 10.0 Å². The van der Waals surface area contributed by atoms with E-state index in [9.17, 15) is 0 Å². The monoisotopic (exact) mass is 267 g/mol. The van der Waals surface area contributed by atoms with Crippen LogP contribution in [-0.4, -0.2) is 16.7 Å². The average molecular weight is 268 g/mol. The number of benzene rings is 1. The zero-order valence-electron chi connectivity index (χ0n) is 7.98. The van der Waals surface area contributed by atoms with Crippen LogP contribution in [0, 0.1) is 0 Å². The Kier molecular flexibility index (Phi) is 3.13. The Morgan fingerprint density at radius 1 is 1.40 bits per heavy atom. The van der Waals surface area contributed by atoms with Gasteiger partial charge in [0, 0.05) is 16.5 Å². The van der Waals surface area contributed by atoms with Gasteiger partial charge in [0.1, 0.15) is 0 Å². The highest BCUT2D eigenvalue weighted by Crippen LogP contribution is 2.21. The molecule has 0 aliphatic carbocycles. The van der Waals surface area contributed by atoms with Gasteiger partial charge in [-0.1, -0.05) is 27.2 Å². The third-order valence-corrected chi connectivity index (χ3v) is 2.40. The number of hydrogen-bond donors (Lipinski definition) is 1. The molecule has 0 amide bonds. The molecule has 0 aliphatic rings. The molecule has 2 N–H and O–H groups in total. The van der Waals surface area contributed by atoms with Gasteiger partial charge in [0.2, 0.25) is 0 Å². The quantitative estimate of drug-likeness (QED) is 0.924. The molecule has 0 bridgehead atoms. The van der Waals surface area contributed by atoms with Crippen LogP contribution in [-0.2, 0) is 6.42 Å². The Balaban J connectivity index is 2.29. The second-order valence-electron chi connectivity index (χ2n) is 3.06. The second kappa shape index (κ2) is 4.55. The van der Waals surface area contributed by atoms with Crippen molar-refractivity contribution in [3.05, 3.63) is 34.6 Å². The molecule has 1 aromatic heterocycles. The minimum absolute atomic E-state index is 0.525. The van der Waals surface area contributed by atoms with E-state index in [1.54, 1.807) is 0 Å². The fraction of sp³-hybridized carbons (Fsp3) is 0.200. The Morgan fingerprint density at radius 3 is 3.00 bits per heavy atom. The topological polar surface area (TPSA) is 64.9 Å². The van der Waals surface area contributed by atoms with Crippen LogP contribution in [0.1, 0.15) is 5.82 Å². The van der Waals surface area contributed by atoms with Crippen LogP contribution in [0.5, 0.6) is 0 Å². The molecule has 0 saturated heterocycles. The summed E-state index contributed by atoms with van der Waals surface area (Å²) in [5.74, 6) is 1.17. The number of aromatic nitrogens is 2. The first kappa shape index (κ1) is 10.3. The summed E-state index contributed by atoms with van der Waals surface area (Å²) >= 11 is 3.39. The van der Waals surface area contributed by atoms with Crippen LogP contribution in [0.4, 0.5) is 0 Å². The molecule has 15 heavy (non-hydrogen) atoms. The number of nitrogens with zero attached hydrogens (tertiary/aromatic N) is 2. The zero-order valence-corrected chi connectivity index (χ0v) is 9.57. The van der Waals surface area contributed by atoms with Crippen LogP contribution in [0.2, 0.25) is 0 Å². The first-order valence-corrected chi connectivity index (χ1v) is 5.37. The van der Waals surface area contributed by atoms with Gasteiger partial charge in [-0.05, 0) is 24.7 Å². The molecule has 0 saturated carbocycles. The van der Waals surface area contributed by atoms with Crippen molar-refractivity contribution in [1.29, 1.82) is 0 Å². The second-order valence-corrected chi connectivity index (χ2v) is 3.98. The summed E-state index contributed by atoms with van der Waals surface area (Å²) in [6.07, 6.45) is 0.636. The summed E-state index contributed by atoms with van der Waals surface area (Å²) in [6, 6.07) is 7.72. The zero-order chi connectivity index (χ0) is 10.7. The molecule has 0 spiro atoms. The first-order valence-electron chi connectivity index (χ1n) is 4.58. The maximum absolute atomic E-state index is 5.40. The molecule has 0 aliphatic heterocycles. The van der Waals surface area contributed by atoms with Gasteiger partial charge in [-0.25, -0.2) is 0 Å². The van der Waals surface area contributed by atoms with Gasteiger partial charge in [0.15, 0.2) is 5.82 Å². The van der Waals surface area contributed by atoms with Gasteiger partial charge >= 0.3 is 0 Å². The van der Waals surface area contributed by atoms with Crippen LogP contribution in [0.3, 0.4) is 0 Å². The minimum Gasteiger partial charge on any atom is -0.334 e. The van der Waals surface area contributed by atoms with E-state index >= 15 is 0 Å². The van der Waals surface area contributed by atoms with E-state index in [-0.39, 0.29) is 0 Å². The lowest BCUT2D eigenvalue weighted by Crippen LogP contribution is -2.03. The average Bonchev–Trinajstić information content (AvgIpc) is 2.67. The molecule has 1 aromatic carbocycles. The normalized spacial score (nSPS) is 10.5. The molecule has 5 heteroatoms. The van der Waals surface area contributed by atoms with E-state index < -0.39 is 0 Å². The minimum atomic E-state index is 0.525. The Bertz CT molecular complexity index is 455. The molecule has 78 valence electrons. The summed E-state index contributed by atoms with van der Waals surface area (Å²) in [4.78, 5) is 4.23. The van der Waals surface area contributed by atoms with Crippen molar-refractivity contribution < 1.29 is 4.52 Å². The van der Waals surface area contributed by atoms with Crippen LogP contribution in [0.25, 0.3) is 11.5 Å². The van der Waals surface area contributed by atoms with E-state index in [0.29, 0.717) is 24.7 Å². The smallest absolute Gasteiger partial charge is 0.257 e. The van der Waals surface area contributed by atoms with Crippen LogP contribution in [0.15, 0.2) is 33.3 Å². The van der Waals surface area contributed by atoms with Gasteiger partial charge in [-0.15, -0.1) is 0 Å². The molecule has 1 heterocycles. The molecule has 2 rings (SSSR count). The van der Waals surface area contributed by atoms with E-state index in [2.05, 4.69) is 26.1 Å². The van der Waals surface area contributed by atoms with Crippen molar-refractivity contribution in [2.75, 3.05) is 6.54 Å². The van der Waals surface area contributed by atoms with Crippen molar-refractivity contribution in [3.63, 3.8) is 0 Å². The van der Waals surface area contributed by atoms with E-state index in [1.165, 1.54) is 0 Å². The van der Waals surface area contributed by atoms with Crippen molar-refractivity contribution in [2.45, 2.75) is 6.42 Å². The fourth-order valence-corrected chi connectivity index (χ4v) is 1.62. The predicted octanol–water partition coefficient (Wildman–Crippen LogP) is 2.00. The van der Waals surface area contributed by atoms with Gasteiger partial charge < -0.3 is 10.3 Å². The lowest BCUT2D eigenvalue weighted by Gasteiger charge is -1.93. The molecular formula is C10H10BrN3O. The largest absolute Gasteiger partial charge is 0.334 e. The van der Waals surface area contributed by atoms with Gasteiger partial charge in [0.25, 0.3) is 5.89 Å². The summed E-state index contributed by atoms with van der Waals surface area (Å²) in [7, 11) is 0. The highest BCUT2D eigenvalue weighted by Gasteiger charge is 2.07. The first-order chi connectivity index (χ1) is 7.29. The molecule has 4 nitrogen and oxygen atoms in total. The fourth-order valence-electron chi connectivity index (χ4n) is 1.22. The molecule has 0 unspecified atom stereocenters. The SMILES string of the molecule is NCCc1noc(-c2cccc(Br)c2)n1. The molecule has 0 atom stereocenters. The lowest BCUT2D eigenvalue weighted by atomic mass is 10.2. The third kappa shape index (κ3) is 2.43. The molecule has 2 aromatic rings. The van der Waals surface area contributed by atoms with Gasteiger partial charge in [-0.2, -0.15) is 4.98 Å². The standard InChI is InChI=1S/C10H10BrN3O/c11-8-3-1-2-7(6-8)10-13-9(4-5-12)14-15-10/h1-3,6H,4-5,12H2. The van der Waals surface area contributed by atoms with E-state index in [1.807, 2.05) is 24.3 Å². The van der Waals surface area contributed by atoms with Crippen molar-refractivity contribution in [3.8, 4) is 11.5 Å². The molecular weight excluding hydrogens is 258 g/mol. The molecule has 0 radical (unpaired) electrons. The van der Waals surface area contributed by atoms with Gasteiger partial charge in [-0.3, -0.25) is 0 Å². The highest BCUT2D eigenvalue weighted by atomic mass is 79.9. The third-order valence-electron chi connectivity index (χ3n) is 1.91. The maximum Gasteiger partial charge on any atom is 0.257 e. The van der Waals surface area contributed by atoms with Crippen molar-refractivity contribution in [2.24, 2.45) is 5.73 Å².